The molecule has 1 nitrogen and oxygen atoms in total. The minimum atomic E-state index is -4.75. The summed E-state index contributed by atoms with van der Waals surface area (Å²) in [5.41, 5.74) is 0.214. The fraction of sp³-hybridized carbons (Fsp3) is 0.200. The van der Waals surface area contributed by atoms with Gasteiger partial charge in [-0.3, -0.25) is 0 Å². The van der Waals surface area contributed by atoms with E-state index in [0.717, 1.165) is 11.6 Å². The number of nitrogens with one attached hydrogen (secondary N) is 1. The molecule has 0 saturated carbocycles. The third kappa shape index (κ3) is 3.71. The molecule has 0 heterocycles. The quantitative estimate of drug-likeness (QED) is 0.795. The van der Waals surface area contributed by atoms with Gasteiger partial charge in [-0.2, -0.15) is 13.2 Å². The summed E-state index contributed by atoms with van der Waals surface area (Å²) in [6.07, 6.45) is -4.75. The van der Waals surface area contributed by atoms with Crippen LogP contribution in [0.2, 0.25) is 0 Å². The van der Waals surface area contributed by atoms with Gasteiger partial charge in [0.2, 0.25) is 0 Å². The first-order valence-corrected chi connectivity index (χ1v) is 6.13. The molecule has 0 aromatic heterocycles. The number of anilines is 1. The fourth-order valence-corrected chi connectivity index (χ4v) is 1.88. The topological polar surface area (TPSA) is 12.0 Å². The normalized spacial score (nSPS) is 11.5. The van der Waals surface area contributed by atoms with Gasteiger partial charge >= 0.3 is 6.18 Å². The number of hydrogen-bond acceptors (Lipinski definition) is 1. The van der Waals surface area contributed by atoms with E-state index in [1.54, 1.807) is 13.0 Å². The van der Waals surface area contributed by atoms with Crippen molar-refractivity contribution >= 4 is 5.69 Å². The number of alkyl halides is 3. The summed E-state index contributed by atoms with van der Waals surface area (Å²) >= 11 is 0. The highest BCUT2D eigenvalue weighted by Gasteiger charge is 2.34. The maximum atomic E-state index is 13.1. The van der Waals surface area contributed by atoms with Crippen LogP contribution in [-0.4, -0.2) is 0 Å². The summed E-state index contributed by atoms with van der Waals surface area (Å²) in [4.78, 5) is 0. The van der Waals surface area contributed by atoms with Gasteiger partial charge in [0.1, 0.15) is 11.6 Å². The van der Waals surface area contributed by atoms with Crippen LogP contribution in [0.15, 0.2) is 36.4 Å². The molecule has 6 heteroatoms. The Morgan fingerprint density at radius 1 is 1.00 bits per heavy atom. The number of hydrogen-bond donors (Lipinski definition) is 1. The fourth-order valence-electron chi connectivity index (χ4n) is 1.88. The van der Waals surface area contributed by atoms with Crippen molar-refractivity contribution in [3.63, 3.8) is 0 Å². The maximum Gasteiger partial charge on any atom is 0.419 e. The molecule has 0 aliphatic rings. The van der Waals surface area contributed by atoms with Crippen molar-refractivity contribution in [3.05, 3.63) is 64.7 Å². The second kappa shape index (κ2) is 5.71. The molecule has 0 unspecified atom stereocenters. The molecule has 0 fully saturated rings. The van der Waals surface area contributed by atoms with E-state index in [4.69, 9.17) is 0 Å². The van der Waals surface area contributed by atoms with Gasteiger partial charge in [0.15, 0.2) is 0 Å². The van der Waals surface area contributed by atoms with Crippen molar-refractivity contribution in [2.75, 3.05) is 5.32 Å². The average Bonchev–Trinajstić information content (AvgIpc) is 2.40. The van der Waals surface area contributed by atoms with Gasteiger partial charge in [0, 0.05) is 12.2 Å². The molecular formula is C15H12F5N. The van der Waals surface area contributed by atoms with Crippen molar-refractivity contribution in [3.8, 4) is 0 Å². The third-order valence-corrected chi connectivity index (χ3v) is 3.07. The maximum absolute atomic E-state index is 13.1. The molecule has 0 aliphatic heterocycles. The van der Waals surface area contributed by atoms with Crippen molar-refractivity contribution in [2.24, 2.45) is 0 Å². The Morgan fingerprint density at radius 2 is 1.71 bits per heavy atom. The van der Waals surface area contributed by atoms with Crippen molar-refractivity contribution in [2.45, 2.75) is 19.6 Å². The summed E-state index contributed by atoms with van der Waals surface area (Å²) < 4.78 is 64.0. The Kier molecular flexibility index (Phi) is 4.16. The Hall–Kier alpha value is -2.11. The second-order valence-electron chi connectivity index (χ2n) is 4.62. The highest BCUT2D eigenvalue weighted by Crippen LogP contribution is 2.33. The first kappa shape index (κ1) is 15.3. The van der Waals surface area contributed by atoms with Gasteiger partial charge in [-0.15, -0.1) is 0 Å². The molecule has 21 heavy (non-hydrogen) atoms. The molecule has 1 N–H and O–H groups in total. The summed E-state index contributed by atoms with van der Waals surface area (Å²) in [5, 5.41) is 2.74. The largest absolute Gasteiger partial charge is 0.419 e. The highest BCUT2D eigenvalue weighted by molar-refractivity contribution is 5.48. The number of aryl methyl sites for hydroxylation is 1. The summed E-state index contributed by atoms with van der Waals surface area (Å²) in [6, 6.07) is 6.85. The van der Waals surface area contributed by atoms with Crippen molar-refractivity contribution < 1.29 is 22.0 Å². The van der Waals surface area contributed by atoms with Gasteiger partial charge in [0.05, 0.1) is 5.56 Å². The van der Waals surface area contributed by atoms with E-state index in [-0.39, 0.29) is 12.2 Å². The lowest BCUT2D eigenvalue weighted by molar-refractivity contribution is -0.139. The molecule has 0 spiro atoms. The van der Waals surface area contributed by atoms with Crippen LogP contribution >= 0.6 is 0 Å². The molecule has 112 valence electrons. The van der Waals surface area contributed by atoms with Crippen LogP contribution in [0, 0.1) is 18.6 Å². The monoisotopic (exact) mass is 301 g/mol. The zero-order chi connectivity index (χ0) is 15.6. The highest BCUT2D eigenvalue weighted by atomic mass is 19.4. The molecule has 2 aromatic carbocycles. The molecular weight excluding hydrogens is 289 g/mol. The molecule has 0 radical (unpaired) electrons. The lowest BCUT2D eigenvalue weighted by Crippen LogP contribution is -2.09. The number of halogens is 5. The van der Waals surface area contributed by atoms with E-state index in [1.807, 2.05) is 0 Å². The Balaban J connectivity index is 2.19. The van der Waals surface area contributed by atoms with Crippen LogP contribution in [-0.2, 0) is 12.7 Å². The van der Waals surface area contributed by atoms with Crippen molar-refractivity contribution in [1.29, 1.82) is 0 Å². The molecule has 0 amide bonds. The van der Waals surface area contributed by atoms with Gasteiger partial charge in [-0.25, -0.2) is 8.78 Å². The minimum Gasteiger partial charge on any atom is -0.381 e. The van der Waals surface area contributed by atoms with Crippen LogP contribution in [0.5, 0.6) is 0 Å². The van der Waals surface area contributed by atoms with Crippen LogP contribution in [0.25, 0.3) is 0 Å². The molecule has 0 saturated heterocycles. The molecule has 2 aromatic rings. The van der Waals surface area contributed by atoms with Gasteiger partial charge in [-0.05, 0) is 48.4 Å². The molecule has 2 rings (SSSR count). The Labute approximate surface area is 118 Å². The second-order valence-corrected chi connectivity index (χ2v) is 4.62. The lowest BCUT2D eigenvalue weighted by Gasteiger charge is -2.12. The van der Waals surface area contributed by atoms with E-state index in [2.05, 4.69) is 5.32 Å². The Bertz CT molecular complexity index is 649. The van der Waals surface area contributed by atoms with Gasteiger partial charge in [-0.1, -0.05) is 6.07 Å². The van der Waals surface area contributed by atoms with Crippen LogP contribution in [0.3, 0.4) is 0 Å². The lowest BCUT2D eigenvalue weighted by atomic mass is 10.1. The van der Waals surface area contributed by atoms with Gasteiger partial charge < -0.3 is 5.32 Å². The zero-order valence-electron chi connectivity index (χ0n) is 11.1. The smallest absolute Gasteiger partial charge is 0.381 e. The third-order valence-electron chi connectivity index (χ3n) is 3.07. The summed E-state index contributed by atoms with van der Waals surface area (Å²) in [6.45, 7) is 1.91. The first-order chi connectivity index (χ1) is 9.77. The van der Waals surface area contributed by atoms with E-state index in [0.29, 0.717) is 11.6 Å². The number of benzene rings is 2. The Morgan fingerprint density at radius 3 is 2.38 bits per heavy atom. The molecule has 0 bridgehead atoms. The van der Waals surface area contributed by atoms with E-state index >= 15 is 0 Å². The van der Waals surface area contributed by atoms with E-state index < -0.39 is 23.4 Å². The van der Waals surface area contributed by atoms with Crippen LogP contribution in [0.1, 0.15) is 16.7 Å². The minimum absolute atomic E-state index is 0.118. The summed E-state index contributed by atoms with van der Waals surface area (Å²) in [7, 11) is 0. The van der Waals surface area contributed by atoms with Crippen molar-refractivity contribution in [1.82, 2.24) is 0 Å². The van der Waals surface area contributed by atoms with Crippen LogP contribution < -0.4 is 5.32 Å². The SMILES string of the molecule is Cc1ccc(F)cc1CNc1ccc(F)c(C(F)(F)F)c1. The predicted molar refractivity (Wildman–Crippen MR) is 69.9 cm³/mol. The van der Waals surface area contributed by atoms with E-state index in [1.165, 1.54) is 18.2 Å². The van der Waals surface area contributed by atoms with Gasteiger partial charge in [0.25, 0.3) is 0 Å². The average molecular weight is 301 g/mol. The molecule has 0 atom stereocenters. The standard InChI is InChI=1S/C15H12F5N/c1-9-2-3-11(16)6-10(9)8-21-12-4-5-14(17)13(7-12)15(18,19)20/h2-7,21H,8H2,1H3. The van der Waals surface area contributed by atoms with Crippen LogP contribution in [0.4, 0.5) is 27.6 Å². The predicted octanol–water partition coefficient (Wildman–Crippen LogP) is 4.90. The van der Waals surface area contributed by atoms with E-state index in [9.17, 15) is 22.0 Å². The zero-order valence-corrected chi connectivity index (χ0v) is 11.1. The first-order valence-electron chi connectivity index (χ1n) is 6.13. The number of rotatable bonds is 3. The molecule has 0 aliphatic carbocycles. The summed E-state index contributed by atoms with van der Waals surface area (Å²) in [5.74, 6) is -1.75.